The average molecular weight is 308 g/mol. The predicted molar refractivity (Wildman–Crippen MR) is 94.8 cm³/mol. The molecule has 3 nitrogen and oxygen atoms in total. The lowest BCUT2D eigenvalue weighted by atomic mass is 10.0. The summed E-state index contributed by atoms with van der Waals surface area (Å²) in [5.41, 5.74) is 5.63. The number of benzene rings is 2. The summed E-state index contributed by atoms with van der Waals surface area (Å²) in [7, 11) is 0. The largest absolute Gasteiger partial charge is 0.322 e. The molecule has 0 unspecified atom stereocenters. The highest BCUT2D eigenvalue weighted by atomic mass is 16.2. The molecule has 1 fully saturated rings. The van der Waals surface area contributed by atoms with Crippen LogP contribution in [0.5, 0.6) is 0 Å². The minimum Gasteiger partial charge on any atom is -0.317 e. The van der Waals surface area contributed by atoms with Crippen LogP contribution in [0.25, 0.3) is 0 Å². The van der Waals surface area contributed by atoms with Gasteiger partial charge in [-0.25, -0.2) is 4.79 Å². The summed E-state index contributed by atoms with van der Waals surface area (Å²) in [6.45, 7) is 6.97. The molecule has 2 aromatic rings. The summed E-state index contributed by atoms with van der Waals surface area (Å²) in [5, 5.41) is 3.09. The van der Waals surface area contributed by atoms with Gasteiger partial charge in [0.25, 0.3) is 0 Å². The zero-order valence-electron chi connectivity index (χ0n) is 14.1. The van der Waals surface area contributed by atoms with E-state index in [9.17, 15) is 4.79 Å². The number of anilines is 1. The highest BCUT2D eigenvalue weighted by Gasteiger charge is 2.30. The molecule has 2 amide bonds. The van der Waals surface area contributed by atoms with Crippen molar-refractivity contribution >= 4 is 11.7 Å². The highest BCUT2D eigenvalue weighted by molar-refractivity contribution is 5.90. The molecule has 0 saturated carbocycles. The number of nitrogens with one attached hydrogen (secondary N) is 1. The van der Waals surface area contributed by atoms with Crippen LogP contribution in [-0.2, 0) is 0 Å². The number of rotatable bonds is 2. The second-order valence-electron chi connectivity index (χ2n) is 6.51. The van der Waals surface area contributed by atoms with Crippen molar-refractivity contribution in [1.82, 2.24) is 4.90 Å². The molecule has 1 heterocycles. The molecule has 1 aliphatic rings. The molecule has 0 aromatic heterocycles. The van der Waals surface area contributed by atoms with Gasteiger partial charge in [0.15, 0.2) is 0 Å². The predicted octanol–water partition coefficient (Wildman–Crippen LogP) is 4.98. The van der Waals surface area contributed by atoms with Gasteiger partial charge in [-0.1, -0.05) is 42.0 Å². The maximum atomic E-state index is 12.7. The Balaban J connectivity index is 1.78. The van der Waals surface area contributed by atoms with Gasteiger partial charge >= 0.3 is 6.03 Å². The third kappa shape index (κ3) is 3.39. The molecule has 3 heteroatoms. The number of likely N-dealkylation sites (tertiary alicyclic amines) is 1. The third-order valence-electron chi connectivity index (χ3n) is 4.61. The van der Waals surface area contributed by atoms with Crippen molar-refractivity contribution in [2.24, 2.45) is 0 Å². The molecule has 1 atom stereocenters. The van der Waals surface area contributed by atoms with Gasteiger partial charge in [-0.3, -0.25) is 0 Å². The van der Waals surface area contributed by atoms with E-state index in [4.69, 9.17) is 0 Å². The van der Waals surface area contributed by atoms with Crippen LogP contribution in [0.2, 0.25) is 0 Å². The van der Waals surface area contributed by atoms with E-state index >= 15 is 0 Å². The van der Waals surface area contributed by atoms with Gasteiger partial charge in [-0.05, 0) is 56.4 Å². The van der Waals surface area contributed by atoms with E-state index in [0.29, 0.717) is 0 Å². The number of urea groups is 1. The average Bonchev–Trinajstić information content (AvgIpc) is 3.01. The van der Waals surface area contributed by atoms with Crippen molar-refractivity contribution in [2.45, 2.75) is 39.7 Å². The molecular weight excluding hydrogens is 284 g/mol. The Morgan fingerprint density at radius 3 is 2.48 bits per heavy atom. The first-order valence-corrected chi connectivity index (χ1v) is 8.26. The number of hydrogen-bond acceptors (Lipinski definition) is 1. The van der Waals surface area contributed by atoms with Crippen LogP contribution >= 0.6 is 0 Å². The summed E-state index contributed by atoms with van der Waals surface area (Å²) >= 11 is 0. The maximum Gasteiger partial charge on any atom is 0.322 e. The highest BCUT2D eigenvalue weighted by Crippen LogP contribution is 2.32. The van der Waals surface area contributed by atoms with Gasteiger partial charge in [-0.2, -0.15) is 0 Å². The second-order valence-corrected chi connectivity index (χ2v) is 6.51. The van der Waals surface area contributed by atoms with Crippen molar-refractivity contribution in [3.8, 4) is 0 Å². The lowest BCUT2D eigenvalue weighted by Gasteiger charge is -2.26. The lowest BCUT2D eigenvalue weighted by molar-refractivity contribution is 0.207. The first-order valence-electron chi connectivity index (χ1n) is 8.26. The minimum atomic E-state index is 0.00164. The zero-order chi connectivity index (χ0) is 16.4. The molecule has 0 radical (unpaired) electrons. The summed E-state index contributed by atoms with van der Waals surface area (Å²) in [6.07, 6.45) is 2.09. The third-order valence-corrected chi connectivity index (χ3v) is 4.61. The molecule has 3 rings (SSSR count). The van der Waals surface area contributed by atoms with Crippen LogP contribution in [0.3, 0.4) is 0 Å². The molecular formula is C20H24N2O. The smallest absolute Gasteiger partial charge is 0.317 e. The van der Waals surface area contributed by atoms with Gasteiger partial charge in [0.05, 0.1) is 6.04 Å². The second kappa shape index (κ2) is 6.45. The molecule has 1 N–H and O–H groups in total. The maximum absolute atomic E-state index is 12.7. The Labute approximate surface area is 138 Å². The Kier molecular flexibility index (Phi) is 4.37. The van der Waals surface area contributed by atoms with E-state index in [1.54, 1.807) is 0 Å². The quantitative estimate of drug-likeness (QED) is 0.833. The van der Waals surface area contributed by atoms with Gasteiger partial charge in [0.2, 0.25) is 0 Å². The van der Waals surface area contributed by atoms with Gasteiger partial charge in [0, 0.05) is 12.2 Å². The van der Waals surface area contributed by atoms with E-state index in [0.717, 1.165) is 36.2 Å². The Morgan fingerprint density at radius 2 is 1.74 bits per heavy atom. The van der Waals surface area contributed by atoms with Crippen LogP contribution in [0.1, 0.15) is 41.1 Å². The SMILES string of the molecule is Cc1ccc([C@H]2CCCN2C(=O)Nc2cc(C)ccc2C)cc1. The van der Waals surface area contributed by atoms with Gasteiger partial charge in [0.1, 0.15) is 0 Å². The monoisotopic (exact) mass is 308 g/mol. The van der Waals surface area contributed by atoms with Crippen LogP contribution in [0.15, 0.2) is 42.5 Å². The standard InChI is InChI=1S/C20H24N2O/c1-14-7-10-17(11-8-14)19-5-4-12-22(19)20(23)21-18-13-15(2)6-9-16(18)3/h6-11,13,19H,4-5,12H2,1-3H3,(H,21,23)/t19-/m1/s1. The number of amides is 2. The fraction of sp³-hybridized carbons (Fsp3) is 0.350. The molecule has 23 heavy (non-hydrogen) atoms. The topological polar surface area (TPSA) is 32.3 Å². The van der Waals surface area contributed by atoms with Crippen molar-refractivity contribution < 1.29 is 4.79 Å². The molecule has 120 valence electrons. The van der Waals surface area contributed by atoms with E-state index in [-0.39, 0.29) is 12.1 Å². The van der Waals surface area contributed by atoms with Gasteiger partial charge in [-0.15, -0.1) is 0 Å². The number of aryl methyl sites for hydroxylation is 3. The fourth-order valence-corrected chi connectivity index (χ4v) is 3.20. The van der Waals surface area contributed by atoms with Crippen molar-refractivity contribution in [1.29, 1.82) is 0 Å². The molecule has 1 aliphatic heterocycles. The lowest BCUT2D eigenvalue weighted by Crippen LogP contribution is -2.34. The number of hydrogen-bond donors (Lipinski definition) is 1. The van der Waals surface area contributed by atoms with E-state index in [2.05, 4.69) is 42.6 Å². The van der Waals surface area contributed by atoms with Crippen LogP contribution in [-0.4, -0.2) is 17.5 Å². The minimum absolute atomic E-state index is 0.00164. The fourth-order valence-electron chi connectivity index (χ4n) is 3.20. The van der Waals surface area contributed by atoms with Crippen molar-refractivity contribution in [3.05, 3.63) is 64.7 Å². The summed E-state index contributed by atoms with van der Waals surface area (Å²) in [6, 6.07) is 14.9. The Hall–Kier alpha value is -2.29. The van der Waals surface area contributed by atoms with E-state index in [1.807, 2.05) is 30.9 Å². The number of nitrogens with zero attached hydrogens (tertiary/aromatic N) is 1. The molecule has 0 aliphatic carbocycles. The molecule has 2 aromatic carbocycles. The van der Waals surface area contributed by atoms with Crippen LogP contribution < -0.4 is 5.32 Å². The first-order chi connectivity index (χ1) is 11.0. The Morgan fingerprint density at radius 1 is 1.04 bits per heavy atom. The molecule has 0 spiro atoms. The summed E-state index contributed by atoms with van der Waals surface area (Å²) in [4.78, 5) is 14.7. The zero-order valence-corrected chi connectivity index (χ0v) is 14.1. The number of carbonyl (C=O) groups excluding carboxylic acids is 1. The summed E-state index contributed by atoms with van der Waals surface area (Å²) in [5.74, 6) is 0. The molecule has 1 saturated heterocycles. The molecule has 0 bridgehead atoms. The summed E-state index contributed by atoms with van der Waals surface area (Å²) < 4.78 is 0. The normalized spacial score (nSPS) is 17.3. The van der Waals surface area contributed by atoms with Crippen LogP contribution in [0, 0.1) is 20.8 Å². The first kappa shape index (κ1) is 15.6. The van der Waals surface area contributed by atoms with Crippen LogP contribution in [0.4, 0.5) is 10.5 Å². The Bertz CT molecular complexity index is 706. The van der Waals surface area contributed by atoms with E-state index < -0.39 is 0 Å². The van der Waals surface area contributed by atoms with Crippen molar-refractivity contribution in [3.63, 3.8) is 0 Å². The van der Waals surface area contributed by atoms with Crippen molar-refractivity contribution in [2.75, 3.05) is 11.9 Å². The number of carbonyl (C=O) groups is 1. The van der Waals surface area contributed by atoms with Gasteiger partial charge < -0.3 is 10.2 Å². The van der Waals surface area contributed by atoms with E-state index in [1.165, 1.54) is 11.1 Å².